The van der Waals surface area contributed by atoms with Crippen LogP contribution < -0.4 is 9.47 Å². The van der Waals surface area contributed by atoms with Crippen LogP contribution in [0, 0.1) is 23.3 Å². The molecule has 0 N–H and O–H groups in total. The van der Waals surface area contributed by atoms with Crippen molar-refractivity contribution in [3.63, 3.8) is 0 Å². The Kier molecular flexibility index (Phi) is 6.73. The molecule has 0 unspecified atom stereocenters. The van der Waals surface area contributed by atoms with Crippen LogP contribution in [0.2, 0.25) is 0 Å². The number of aryl methyl sites for hydroxylation is 1. The standard InChI is InChI=1S/C18H14F8O2/c1-2-3-4-9-5-11(19)15(12(20)6-9)18(25,26)28-10-7-13(21)16(14(22)8-10)27-17(23)24/h5-8,17H,2-4H2,1H3. The second-order valence-electron chi connectivity index (χ2n) is 5.75. The Hall–Kier alpha value is -2.52. The lowest BCUT2D eigenvalue weighted by Crippen LogP contribution is -2.25. The van der Waals surface area contributed by atoms with Gasteiger partial charge in [0.2, 0.25) is 0 Å². The molecule has 0 aliphatic rings. The van der Waals surface area contributed by atoms with Gasteiger partial charge in [0.05, 0.1) is 0 Å². The lowest BCUT2D eigenvalue weighted by Gasteiger charge is -2.20. The zero-order chi connectivity index (χ0) is 21.1. The number of hydrogen-bond acceptors (Lipinski definition) is 2. The molecule has 0 atom stereocenters. The van der Waals surface area contributed by atoms with E-state index in [-0.39, 0.29) is 24.1 Å². The molecule has 0 bridgehead atoms. The van der Waals surface area contributed by atoms with Crippen LogP contribution in [0.1, 0.15) is 30.9 Å². The summed E-state index contributed by atoms with van der Waals surface area (Å²) in [5.41, 5.74) is -1.59. The van der Waals surface area contributed by atoms with Crippen molar-refractivity contribution in [2.45, 2.75) is 38.9 Å². The van der Waals surface area contributed by atoms with E-state index in [1.807, 2.05) is 6.92 Å². The second-order valence-corrected chi connectivity index (χ2v) is 5.75. The van der Waals surface area contributed by atoms with Gasteiger partial charge in [-0.3, -0.25) is 0 Å². The number of benzene rings is 2. The Bertz CT molecular complexity index is 792. The minimum Gasteiger partial charge on any atom is -0.429 e. The SMILES string of the molecule is CCCCc1cc(F)c(C(F)(F)Oc2cc(F)c(OC(F)F)c(F)c2)c(F)c1. The summed E-state index contributed by atoms with van der Waals surface area (Å²) in [5, 5.41) is 0. The molecular weight excluding hydrogens is 400 g/mol. The van der Waals surface area contributed by atoms with E-state index in [0.717, 1.165) is 0 Å². The summed E-state index contributed by atoms with van der Waals surface area (Å²) in [4.78, 5) is 0. The maximum absolute atomic E-state index is 14.2. The van der Waals surface area contributed by atoms with Crippen LogP contribution in [0.4, 0.5) is 35.1 Å². The van der Waals surface area contributed by atoms with Crippen LogP contribution in [0.5, 0.6) is 11.5 Å². The Morgan fingerprint density at radius 3 is 1.89 bits per heavy atom. The van der Waals surface area contributed by atoms with Crippen molar-refractivity contribution < 1.29 is 44.6 Å². The van der Waals surface area contributed by atoms with E-state index < -0.39 is 53.1 Å². The maximum Gasteiger partial charge on any atom is 0.432 e. The van der Waals surface area contributed by atoms with Crippen molar-refractivity contribution in [1.82, 2.24) is 0 Å². The van der Waals surface area contributed by atoms with E-state index in [1.165, 1.54) is 0 Å². The summed E-state index contributed by atoms with van der Waals surface area (Å²) >= 11 is 0. The van der Waals surface area contributed by atoms with Gasteiger partial charge in [0, 0.05) is 12.1 Å². The molecule has 154 valence electrons. The maximum atomic E-state index is 14.2. The molecule has 0 aliphatic heterocycles. The first-order valence-electron chi connectivity index (χ1n) is 8.04. The minimum absolute atomic E-state index is 0.125. The van der Waals surface area contributed by atoms with Gasteiger partial charge in [-0.15, -0.1) is 0 Å². The molecule has 10 heteroatoms. The van der Waals surface area contributed by atoms with Crippen molar-refractivity contribution in [1.29, 1.82) is 0 Å². The van der Waals surface area contributed by atoms with E-state index in [4.69, 9.17) is 0 Å². The number of halogens is 8. The van der Waals surface area contributed by atoms with Gasteiger partial charge < -0.3 is 9.47 Å². The van der Waals surface area contributed by atoms with Crippen molar-refractivity contribution in [2.75, 3.05) is 0 Å². The third-order valence-corrected chi connectivity index (χ3v) is 3.64. The molecule has 0 aliphatic carbocycles. The average Bonchev–Trinajstić information content (AvgIpc) is 2.54. The molecule has 0 amide bonds. The molecule has 2 aromatic carbocycles. The summed E-state index contributed by atoms with van der Waals surface area (Å²) in [7, 11) is 0. The topological polar surface area (TPSA) is 18.5 Å². The predicted molar refractivity (Wildman–Crippen MR) is 82.5 cm³/mol. The van der Waals surface area contributed by atoms with Crippen LogP contribution in [-0.2, 0) is 12.5 Å². The summed E-state index contributed by atoms with van der Waals surface area (Å²) in [6, 6.07) is 1.68. The molecule has 0 saturated heterocycles. The van der Waals surface area contributed by atoms with Crippen LogP contribution in [0.15, 0.2) is 24.3 Å². The molecule has 2 aromatic rings. The van der Waals surface area contributed by atoms with Crippen LogP contribution >= 0.6 is 0 Å². The third kappa shape index (κ3) is 5.05. The number of hydrogen-bond donors (Lipinski definition) is 0. The van der Waals surface area contributed by atoms with Gasteiger partial charge in [-0.25, -0.2) is 17.6 Å². The largest absolute Gasteiger partial charge is 0.432 e. The Labute approximate surface area is 154 Å². The molecule has 0 saturated carbocycles. The predicted octanol–water partition coefficient (Wildman–Crippen LogP) is 6.32. The highest BCUT2D eigenvalue weighted by molar-refractivity contribution is 5.36. The lowest BCUT2D eigenvalue weighted by molar-refractivity contribution is -0.189. The quantitative estimate of drug-likeness (QED) is 0.471. The lowest BCUT2D eigenvalue weighted by atomic mass is 10.0. The van der Waals surface area contributed by atoms with E-state index in [1.54, 1.807) is 0 Å². The number of alkyl halides is 4. The van der Waals surface area contributed by atoms with Gasteiger partial charge in [-0.2, -0.15) is 17.6 Å². The molecule has 0 spiro atoms. The van der Waals surface area contributed by atoms with Crippen molar-refractivity contribution in [2.24, 2.45) is 0 Å². The highest BCUT2D eigenvalue weighted by Gasteiger charge is 2.41. The smallest absolute Gasteiger partial charge is 0.429 e. The molecule has 0 heterocycles. The fourth-order valence-corrected chi connectivity index (χ4v) is 2.43. The first kappa shape index (κ1) is 21.8. The molecule has 28 heavy (non-hydrogen) atoms. The number of ether oxygens (including phenoxy) is 2. The zero-order valence-corrected chi connectivity index (χ0v) is 14.3. The first-order chi connectivity index (χ1) is 13.0. The second kappa shape index (κ2) is 8.66. The fraction of sp³-hybridized carbons (Fsp3) is 0.333. The van der Waals surface area contributed by atoms with Crippen molar-refractivity contribution >= 4 is 0 Å². The van der Waals surface area contributed by atoms with Gasteiger partial charge in [0.15, 0.2) is 17.4 Å². The van der Waals surface area contributed by atoms with E-state index in [2.05, 4.69) is 9.47 Å². The van der Waals surface area contributed by atoms with Crippen LogP contribution in [0.3, 0.4) is 0 Å². The van der Waals surface area contributed by atoms with Crippen LogP contribution in [-0.4, -0.2) is 6.61 Å². The normalized spacial score (nSPS) is 11.8. The summed E-state index contributed by atoms with van der Waals surface area (Å²) in [6.07, 6.45) is -3.08. The molecule has 0 radical (unpaired) electrons. The highest BCUT2D eigenvalue weighted by atomic mass is 19.3. The van der Waals surface area contributed by atoms with Crippen molar-refractivity contribution in [3.8, 4) is 11.5 Å². The monoisotopic (exact) mass is 414 g/mol. The summed E-state index contributed by atoms with van der Waals surface area (Å²) in [6.45, 7) is -1.73. The van der Waals surface area contributed by atoms with E-state index >= 15 is 0 Å². The van der Waals surface area contributed by atoms with Gasteiger partial charge in [0.25, 0.3) is 0 Å². The molecule has 2 nitrogen and oxygen atoms in total. The number of rotatable bonds is 8. The van der Waals surface area contributed by atoms with E-state index in [9.17, 15) is 35.1 Å². The molecule has 0 aromatic heterocycles. The number of unbranched alkanes of at least 4 members (excludes halogenated alkanes) is 1. The molecule has 2 rings (SSSR count). The fourth-order valence-electron chi connectivity index (χ4n) is 2.43. The Morgan fingerprint density at radius 1 is 0.893 bits per heavy atom. The van der Waals surface area contributed by atoms with Crippen molar-refractivity contribution in [3.05, 3.63) is 58.7 Å². The van der Waals surface area contributed by atoms with Gasteiger partial charge >= 0.3 is 12.7 Å². The van der Waals surface area contributed by atoms with Gasteiger partial charge in [-0.05, 0) is 30.5 Å². The van der Waals surface area contributed by atoms with E-state index in [0.29, 0.717) is 25.0 Å². The molecular formula is C18H14F8O2. The van der Waals surface area contributed by atoms with Crippen LogP contribution in [0.25, 0.3) is 0 Å². The summed E-state index contributed by atoms with van der Waals surface area (Å²) in [5.74, 6) is -9.42. The van der Waals surface area contributed by atoms with Gasteiger partial charge in [0.1, 0.15) is 22.9 Å². The minimum atomic E-state index is -4.64. The highest BCUT2D eigenvalue weighted by Crippen LogP contribution is 2.37. The molecule has 0 fully saturated rings. The Balaban J connectivity index is 2.33. The Morgan fingerprint density at radius 2 is 1.43 bits per heavy atom. The zero-order valence-electron chi connectivity index (χ0n) is 14.3. The third-order valence-electron chi connectivity index (χ3n) is 3.64. The summed E-state index contributed by atoms with van der Waals surface area (Å²) < 4.78 is 116. The first-order valence-corrected chi connectivity index (χ1v) is 8.04. The average molecular weight is 414 g/mol. The van der Waals surface area contributed by atoms with Gasteiger partial charge in [-0.1, -0.05) is 13.3 Å².